The molecule has 1 fully saturated rings. The van der Waals surface area contributed by atoms with Gasteiger partial charge in [0, 0.05) is 17.1 Å². The Morgan fingerprint density at radius 1 is 1.63 bits per heavy atom. The second-order valence-electron chi connectivity index (χ2n) is 4.45. The number of amides is 2. The molecule has 6 heteroatoms. The molecule has 104 valence electrons. The topological polar surface area (TPSA) is 52.6 Å². The quantitative estimate of drug-likeness (QED) is 0.839. The van der Waals surface area contributed by atoms with Crippen LogP contribution in [0.15, 0.2) is 23.1 Å². The molecule has 1 aliphatic rings. The fourth-order valence-corrected chi connectivity index (χ4v) is 2.69. The minimum atomic E-state index is -0.342. The predicted molar refractivity (Wildman–Crippen MR) is 74.0 cm³/mol. The van der Waals surface area contributed by atoms with Gasteiger partial charge in [-0.15, -0.1) is 11.8 Å². The number of hydrogen-bond acceptors (Lipinski definition) is 3. The van der Waals surface area contributed by atoms with Gasteiger partial charge in [0.1, 0.15) is 5.82 Å². The molecule has 0 saturated carbocycles. The smallest absolute Gasteiger partial charge is 0.322 e. The number of carbonyl (C=O) groups is 1. The summed E-state index contributed by atoms with van der Waals surface area (Å²) in [5, 5.41) is 11.8. The number of carbonyl (C=O) groups excluding carboxylic acids is 1. The van der Waals surface area contributed by atoms with Gasteiger partial charge in [-0.25, -0.2) is 9.18 Å². The highest BCUT2D eigenvalue weighted by Gasteiger charge is 2.28. The largest absolute Gasteiger partial charge is 0.394 e. The lowest BCUT2D eigenvalue weighted by Gasteiger charge is -2.23. The van der Waals surface area contributed by atoms with Crippen molar-refractivity contribution in [3.05, 3.63) is 24.0 Å². The Hall–Kier alpha value is -1.27. The molecule has 0 bridgehead atoms. The first-order valence-electron chi connectivity index (χ1n) is 6.17. The van der Waals surface area contributed by atoms with Gasteiger partial charge in [-0.05, 0) is 37.3 Å². The van der Waals surface area contributed by atoms with Crippen molar-refractivity contribution in [3.63, 3.8) is 0 Å². The number of anilines is 1. The number of benzene rings is 1. The molecule has 0 aromatic heterocycles. The van der Waals surface area contributed by atoms with Crippen LogP contribution in [0.1, 0.15) is 12.8 Å². The zero-order valence-corrected chi connectivity index (χ0v) is 11.5. The molecular formula is C13H17FN2O2S. The Kier molecular flexibility index (Phi) is 4.66. The van der Waals surface area contributed by atoms with Crippen molar-refractivity contribution in [2.75, 3.05) is 24.7 Å². The van der Waals surface area contributed by atoms with Gasteiger partial charge in [0.05, 0.1) is 12.6 Å². The lowest BCUT2D eigenvalue weighted by atomic mass is 10.2. The third-order valence-corrected chi connectivity index (χ3v) is 4.02. The van der Waals surface area contributed by atoms with Crippen molar-refractivity contribution in [2.45, 2.75) is 23.8 Å². The van der Waals surface area contributed by atoms with E-state index in [-0.39, 0.29) is 24.5 Å². The predicted octanol–water partition coefficient (Wildman–Crippen LogP) is 2.54. The van der Waals surface area contributed by atoms with Gasteiger partial charge in [-0.3, -0.25) is 0 Å². The molecule has 1 heterocycles. The summed E-state index contributed by atoms with van der Waals surface area (Å²) in [5.74, 6) is -0.342. The maximum absolute atomic E-state index is 13.6. The first-order valence-corrected chi connectivity index (χ1v) is 7.40. The SMILES string of the molecule is CSc1ccc(NC(=O)N2CCC[C@@H]2CO)cc1F. The van der Waals surface area contributed by atoms with Crippen molar-refractivity contribution >= 4 is 23.5 Å². The van der Waals surface area contributed by atoms with Crippen LogP contribution in [-0.4, -0.2) is 41.5 Å². The van der Waals surface area contributed by atoms with Crippen LogP contribution in [0.2, 0.25) is 0 Å². The number of rotatable bonds is 3. The molecule has 4 nitrogen and oxygen atoms in total. The van der Waals surface area contributed by atoms with Gasteiger partial charge < -0.3 is 15.3 Å². The van der Waals surface area contributed by atoms with Crippen LogP contribution in [0.3, 0.4) is 0 Å². The molecular weight excluding hydrogens is 267 g/mol. The lowest BCUT2D eigenvalue weighted by Crippen LogP contribution is -2.40. The number of likely N-dealkylation sites (tertiary alicyclic amines) is 1. The third kappa shape index (κ3) is 3.19. The Labute approximate surface area is 116 Å². The number of nitrogens with one attached hydrogen (secondary N) is 1. The molecule has 19 heavy (non-hydrogen) atoms. The van der Waals surface area contributed by atoms with Crippen LogP contribution in [-0.2, 0) is 0 Å². The molecule has 1 atom stereocenters. The highest BCUT2D eigenvalue weighted by Crippen LogP contribution is 2.23. The minimum Gasteiger partial charge on any atom is -0.394 e. The van der Waals surface area contributed by atoms with E-state index in [2.05, 4.69) is 5.32 Å². The molecule has 0 unspecified atom stereocenters. The van der Waals surface area contributed by atoms with Crippen LogP contribution in [0.25, 0.3) is 0 Å². The maximum atomic E-state index is 13.6. The number of thioether (sulfide) groups is 1. The molecule has 1 aliphatic heterocycles. The van der Waals surface area contributed by atoms with Crippen molar-refractivity contribution in [3.8, 4) is 0 Å². The fraction of sp³-hybridized carbons (Fsp3) is 0.462. The van der Waals surface area contributed by atoms with Crippen LogP contribution >= 0.6 is 11.8 Å². The number of halogens is 1. The van der Waals surface area contributed by atoms with E-state index >= 15 is 0 Å². The fourth-order valence-electron chi connectivity index (χ4n) is 2.23. The lowest BCUT2D eigenvalue weighted by molar-refractivity contribution is 0.166. The first kappa shape index (κ1) is 14.1. The molecule has 1 saturated heterocycles. The van der Waals surface area contributed by atoms with Crippen LogP contribution < -0.4 is 5.32 Å². The third-order valence-electron chi connectivity index (χ3n) is 3.25. The highest BCUT2D eigenvalue weighted by molar-refractivity contribution is 7.98. The summed E-state index contributed by atoms with van der Waals surface area (Å²) in [6.45, 7) is 0.593. The van der Waals surface area contributed by atoms with E-state index in [0.717, 1.165) is 12.8 Å². The summed E-state index contributed by atoms with van der Waals surface area (Å²) >= 11 is 1.32. The number of aliphatic hydroxyl groups excluding tert-OH is 1. The summed E-state index contributed by atoms with van der Waals surface area (Å²) in [6, 6.07) is 4.22. The Bertz CT molecular complexity index is 470. The molecule has 1 aromatic rings. The second-order valence-corrected chi connectivity index (χ2v) is 5.30. The number of aliphatic hydroxyl groups is 1. The number of hydrogen-bond donors (Lipinski definition) is 2. The summed E-state index contributed by atoms with van der Waals surface area (Å²) in [5.41, 5.74) is 0.434. The van der Waals surface area contributed by atoms with Gasteiger partial charge in [-0.1, -0.05) is 0 Å². The average molecular weight is 284 g/mol. The Morgan fingerprint density at radius 2 is 2.42 bits per heavy atom. The summed E-state index contributed by atoms with van der Waals surface area (Å²) in [6.07, 6.45) is 3.49. The highest BCUT2D eigenvalue weighted by atomic mass is 32.2. The first-order chi connectivity index (χ1) is 9.15. The van der Waals surface area contributed by atoms with Crippen molar-refractivity contribution < 1.29 is 14.3 Å². The molecule has 0 aliphatic carbocycles. The Morgan fingerprint density at radius 3 is 3.05 bits per heavy atom. The van der Waals surface area contributed by atoms with E-state index < -0.39 is 0 Å². The molecule has 1 aromatic carbocycles. The summed E-state index contributed by atoms with van der Waals surface area (Å²) in [7, 11) is 0. The summed E-state index contributed by atoms with van der Waals surface area (Å²) < 4.78 is 13.6. The monoisotopic (exact) mass is 284 g/mol. The van der Waals surface area contributed by atoms with E-state index in [1.54, 1.807) is 23.3 Å². The van der Waals surface area contributed by atoms with E-state index in [0.29, 0.717) is 17.1 Å². The van der Waals surface area contributed by atoms with E-state index in [4.69, 9.17) is 0 Å². The van der Waals surface area contributed by atoms with E-state index in [1.807, 2.05) is 0 Å². The molecule has 2 rings (SSSR count). The molecule has 2 amide bonds. The second kappa shape index (κ2) is 6.25. The number of nitrogens with zero attached hydrogens (tertiary/aromatic N) is 1. The van der Waals surface area contributed by atoms with Gasteiger partial charge in [0.25, 0.3) is 0 Å². The van der Waals surface area contributed by atoms with Crippen LogP contribution in [0, 0.1) is 5.82 Å². The van der Waals surface area contributed by atoms with Crippen LogP contribution in [0.4, 0.5) is 14.9 Å². The minimum absolute atomic E-state index is 0.0345. The van der Waals surface area contributed by atoms with Crippen LogP contribution in [0.5, 0.6) is 0 Å². The van der Waals surface area contributed by atoms with Gasteiger partial charge in [-0.2, -0.15) is 0 Å². The van der Waals surface area contributed by atoms with Gasteiger partial charge >= 0.3 is 6.03 Å². The molecule has 2 N–H and O–H groups in total. The van der Waals surface area contributed by atoms with Gasteiger partial charge in [0.15, 0.2) is 0 Å². The summed E-state index contributed by atoms with van der Waals surface area (Å²) in [4.78, 5) is 14.2. The number of urea groups is 1. The Balaban J connectivity index is 2.04. The maximum Gasteiger partial charge on any atom is 0.322 e. The van der Waals surface area contributed by atoms with E-state index in [9.17, 15) is 14.3 Å². The van der Waals surface area contributed by atoms with E-state index in [1.165, 1.54) is 17.8 Å². The molecule has 0 spiro atoms. The molecule has 0 radical (unpaired) electrons. The standard InChI is InChI=1S/C13H17FN2O2S/c1-19-12-5-4-9(7-11(12)14)15-13(18)16-6-2-3-10(16)8-17/h4-5,7,10,17H,2-3,6,8H2,1H3,(H,15,18)/t10-/m1/s1. The van der Waals surface area contributed by atoms with Crippen molar-refractivity contribution in [1.29, 1.82) is 0 Å². The normalized spacial score (nSPS) is 18.7. The average Bonchev–Trinajstić information content (AvgIpc) is 2.87. The van der Waals surface area contributed by atoms with Gasteiger partial charge in [0.2, 0.25) is 0 Å². The van der Waals surface area contributed by atoms with Crippen molar-refractivity contribution in [2.24, 2.45) is 0 Å². The van der Waals surface area contributed by atoms with Crippen molar-refractivity contribution in [1.82, 2.24) is 4.90 Å². The zero-order valence-electron chi connectivity index (χ0n) is 10.7. The zero-order chi connectivity index (χ0) is 13.8.